The largest absolute Gasteiger partial charge is 0.325 e. The zero-order chi connectivity index (χ0) is 18.7. The number of benzene rings is 2. The van der Waals surface area contributed by atoms with Crippen molar-refractivity contribution in [2.45, 2.75) is 25.8 Å². The summed E-state index contributed by atoms with van der Waals surface area (Å²) in [6.45, 7) is 6.01. The van der Waals surface area contributed by atoms with Crippen LogP contribution in [0.3, 0.4) is 0 Å². The van der Waals surface area contributed by atoms with Gasteiger partial charge in [-0.3, -0.25) is 4.79 Å². The van der Waals surface area contributed by atoms with Crippen LogP contribution in [0.2, 0.25) is 0 Å². The highest BCUT2D eigenvalue weighted by molar-refractivity contribution is 8.00. The normalized spacial score (nSPS) is 10.5. The zero-order valence-corrected chi connectivity index (χ0v) is 15.8. The van der Waals surface area contributed by atoms with Gasteiger partial charge >= 0.3 is 0 Å². The lowest BCUT2D eigenvalue weighted by Gasteiger charge is -2.10. The maximum Gasteiger partial charge on any atom is 0.234 e. The molecule has 0 atom stereocenters. The van der Waals surface area contributed by atoms with E-state index in [1.807, 2.05) is 63.2 Å². The number of hydrogen-bond donors (Lipinski definition) is 1. The van der Waals surface area contributed by atoms with Gasteiger partial charge in [-0.2, -0.15) is 5.26 Å². The number of carbonyl (C=O) groups is 1. The molecule has 0 unspecified atom stereocenters. The first-order valence-electron chi connectivity index (χ1n) is 8.28. The monoisotopic (exact) mass is 361 g/mol. The topological polar surface area (TPSA) is 65.8 Å². The molecule has 3 rings (SSSR count). The highest BCUT2D eigenvalue weighted by Gasteiger charge is 2.12. The van der Waals surface area contributed by atoms with E-state index in [9.17, 15) is 10.1 Å². The van der Waals surface area contributed by atoms with E-state index in [4.69, 9.17) is 0 Å². The summed E-state index contributed by atoms with van der Waals surface area (Å²) in [5, 5.41) is 13.9. The number of nitriles is 1. The number of carbonyl (C=O) groups excluding carboxylic acids is 1. The van der Waals surface area contributed by atoms with Crippen LogP contribution in [0.5, 0.6) is 0 Å². The minimum atomic E-state index is -0.120. The molecular weight excluding hydrogens is 342 g/mol. The van der Waals surface area contributed by atoms with E-state index in [0.717, 1.165) is 33.3 Å². The van der Waals surface area contributed by atoms with Crippen molar-refractivity contribution in [3.8, 4) is 6.07 Å². The van der Waals surface area contributed by atoms with Crippen LogP contribution in [0, 0.1) is 32.1 Å². The highest BCUT2D eigenvalue weighted by Crippen LogP contribution is 2.28. The van der Waals surface area contributed by atoms with Gasteiger partial charge in [-0.15, -0.1) is 0 Å². The smallest absolute Gasteiger partial charge is 0.234 e. The van der Waals surface area contributed by atoms with Gasteiger partial charge < -0.3 is 5.32 Å². The summed E-state index contributed by atoms with van der Waals surface area (Å²) in [5.41, 5.74) is 5.43. The third kappa shape index (κ3) is 3.87. The summed E-state index contributed by atoms with van der Waals surface area (Å²) in [6, 6.07) is 15.8. The first-order chi connectivity index (χ1) is 12.5. The number of pyridine rings is 1. The summed E-state index contributed by atoms with van der Waals surface area (Å²) < 4.78 is 0. The molecule has 1 heterocycles. The maximum atomic E-state index is 12.2. The summed E-state index contributed by atoms with van der Waals surface area (Å²) in [4.78, 5) is 16.9. The van der Waals surface area contributed by atoms with Crippen molar-refractivity contribution in [2.24, 2.45) is 0 Å². The molecule has 0 radical (unpaired) electrons. The molecular formula is C21H19N3OS. The molecule has 0 aliphatic carbocycles. The molecule has 0 bridgehead atoms. The lowest BCUT2D eigenvalue weighted by molar-refractivity contribution is -0.113. The van der Waals surface area contributed by atoms with Gasteiger partial charge in [-0.05, 0) is 50.1 Å². The molecule has 3 aromatic rings. The maximum absolute atomic E-state index is 12.2. The Balaban J connectivity index is 1.80. The Bertz CT molecular complexity index is 1020. The summed E-state index contributed by atoms with van der Waals surface area (Å²) in [6.07, 6.45) is 0. The summed E-state index contributed by atoms with van der Waals surface area (Å²) >= 11 is 1.29. The van der Waals surface area contributed by atoms with E-state index in [1.165, 1.54) is 11.8 Å². The van der Waals surface area contributed by atoms with Crippen molar-refractivity contribution in [3.05, 3.63) is 64.7 Å². The van der Waals surface area contributed by atoms with Crippen LogP contribution in [0.1, 0.15) is 22.3 Å². The number of aromatic nitrogens is 1. The molecule has 0 aliphatic heterocycles. The average Bonchev–Trinajstić information content (AvgIpc) is 2.64. The van der Waals surface area contributed by atoms with Gasteiger partial charge in [-0.25, -0.2) is 4.98 Å². The molecule has 0 saturated carbocycles. The van der Waals surface area contributed by atoms with Gasteiger partial charge in [-0.1, -0.05) is 41.6 Å². The van der Waals surface area contributed by atoms with Crippen molar-refractivity contribution in [3.63, 3.8) is 0 Å². The molecule has 1 N–H and O–H groups in total. The molecule has 4 nitrogen and oxygen atoms in total. The van der Waals surface area contributed by atoms with Crippen LogP contribution in [-0.2, 0) is 4.79 Å². The van der Waals surface area contributed by atoms with Gasteiger partial charge in [0.2, 0.25) is 5.91 Å². The van der Waals surface area contributed by atoms with E-state index in [1.54, 1.807) is 0 Å². The Labute approximate surface area is 157 Å². The fraction of sp³-hybridized carbons (Fsp3) is 0.190. The molecule has 1 amide bonds. The number of nitrogens with zero attached hydrogens (tertiary/aromatic N) is 2. The van der Waals surface area contributed by atoms with Gasteiger partial charge in [0.1, 0.15) is 11.1 Å². The number of anilines is 1. The SMILES string of the molecule is Cc1ccc(NC(=O)CSc2nc3c(C)ccc(C)c3cc2C#N)cc1. The van der Waals surface area contributed by atoms with Crippen molar-refractivity contribution in [2.75, 3.05) is 11.1 Å². The predicted molar refractivity (Wildman–Crippen MR) is 106 cm³/mol. The van der Waals surface area contributed by atoms with Crippen LogP contribution < -0.4 is 5.32 Å². The molecule has 0 fully saturated rings. The predicted octanol–water partition coefficient (Wildman–Crippen LogP) is 4.76. The van der Waals surface area contributed by atoms with Crippen molar-refractivity contribution >= 4 is 34.3 Å². The Hall–Kier alpha value is -2.84. The molecule has 0 spiro atoms. The van der Waals surface area contributed by atoms with E-state index in [-0.39, 0.29) is 11.7 Å². The highest BCUT2D eigenvalue weighted by atomic mass is 32.2. The van der Waals surface area contributed by atoms with E-state index in [0.29, 0.717) is 10.6 Å². The van der Waals surface area contributed by atoms with Crippen LogP contribution in [0.25, 0.3) is 10.9 Å². The molecule has 0 aliphatic rings. The zero-order valence-electron chi connectivity index (χ0n) is 15.0. The molecule has 130 valence electrons. The minimum Gasteiger partial charge on any atom is -0.325 e. The van der Waals surface area contributed by atoms with Gasteiger partial charge in [0, 0.05) is 11.1 Å². The lowest BCUT2D eigenvalue weighted by atomic mass is 10.0. The number of rotatable bonds is 4. The number of hydrogen-bond acceptors (Lipinski definition) is 4. The Morgan fingerprint density at radius 2 is 1.81 bits per heavy atom. The number of thioether (sulfide) groups is 1. The molecule has 0 saturated heterocycles. The Morgan fingerprint density at radius 1 is 1.12 bits per heavy atom. The number of nitrogens with one attached hydrogen (secondary N) is 1. The molecule has 26 heavy (non-hydrogen) atoms. The first-order valence-corrected chi connectivity index (χ1v) is 9.27. The van der Waals surface area contributed by atoms with Gasteiger partial charge in [0.05, 0.1) is 16.8 Å². The first kappa shape index (κ1) is 18.0. The van der Waals surface area contributed by atoms with E-state index in [2.05, 4.69) is 16.4 Å². The number of fused-ring (bicyclic) bond motifs is 1. The van der Waals surface area contributed by atoms with Crippen molar-refractivity contribution in [1.82, 2.24) is 4.98 Å². The number of aryl methyl sites for hydroxylation is 3. The minimum absolute atomic E-state index is 0.120. The van der Waals surface area contributed by atoms with E-state index < -0.39 is 0 Å². The second kappa shape index (κ2) is 7.59. The van der Waals surface area contributed by atoms with Gasteiger partial charge in [0.25, 0.3) is 0 Å². The summed E-state index contributed by atoms with van der Waals surface area (Å²) in [7, 11) is 0. The second-order valence-electron chi connectivity index (χ2n) is 6.25. The fourth-order valence-corrected chi connectivity index (χ4v) is 3.43. The standard InChI is InChI=1S/C21H19N3OS/c1-13-4-8-17(9-5-13)23-19(25)12-26-21-16(11-22)10-18-14(2)6-7-15(3)20(18)24-21/h4-10H,12H2,1-3H3,(H,23,25). The quantitative estimate of drug-likeness (QED) is 0.680. The van der Waals surface area contributed by atoms with Crippen LogP contribution in [0.4, 0.5) is 5.69 Å². The Morgan fingerprint density at radius 3 is 2.50 bits per heavy atom. The van der Waals surface area contributed by atoms with Gasteiger partial charge in [0.15, 0.2) is 0 Å². The average molecular weight is 361 g/mol. The second-order valence-corrected chi connectivity index (χ2v) is 7.22. The van der Waals surface area contributed by atoms with E-state index >= 15 is 0 Å². The summed E-state index contributed by atoms with van der Waals surface area (Å²) in [5.74, 6) is 0.0805. The molecule has 1 aromatic heterocycles. The third-order valence-corrected chi connectivity index (χ3v) is 5.16. The lowest BCUT2D eigenvalue weighted by Crippen LogP contribution is -2.14. The van der Waals surface area contributed by atoms with Crippen LogP contribution in [-0.4, -0.2) is 16.6 Å². The van der Waals surface area contributed by atoms with Crippen LogP contribution in [0.15, 0.2) is 47.5 Å². The van der Waals surface area contributed by atoms with Crippen molar-refractivity contribution < 1.29 is 4.79 Å². The Kier molecular flexibility index (Phi) is 5.24. The number of amides is 1. The third-order valence-electron chi connectivity index (χ3n) is 4.17. The fourth-order valence-electron chi connectivity index (χ4n) is 2.67. The molecule has 2 aromatic carbocycles. The molecule has 5 heteroatoms. The van der Waals surface area contributed by atoms with Crippen molar-refractivity contribution in [1.29, 1.82) is 5.26 Å². The van der Waals surface area contributed by atoms with Crippen LogP contribution >= 0.6 is 11.8 Å².